The summed E-state index contributed by atoms with van der Waals surface area (Å²) in [5, 5.41) is 9.86. The summed E-state index contributed by atoms with van der Waals surface area (Å²) in [7, 11) is 0. The first-order valence-electron chi connectivity index (χ1n) is 7.42. The number of aliphatic hydroxyl groups is 1. The third kappa shape index (κ3) is 3.46. The van der Waals surface area contributed by atoms with Gasteiger partial charge in [-0.1, -0.05) is 19.8 Å². The molecule has 1 N–H and O–H groups in total. The summed E-state index contributed by atoms with van der Waals surface area (Å²) < 4.78 is 5.77. The van der Waals surface area contributed by atoms with E-state index in [-0.39, 0.29) is 11.0 Å². The molecule has 2 fully saturated rings. The monoisotopic (exact) mass is 255 g/mol. The maximum absolute atomic E-state index is 9.86. The molecular weight excluding hydrogens is 226 g/mol. The third-order valence-electron chi connectivity index (χ3n) is 4.58. The molecule has 1 aliphatic heterocycles. The van der Waals surface area contributed by atoms with Gasteiger partial charge in [0.15, 0.2) is 0 Å². The van der Waals surface area contributed by atoms with E-state index in [0.29, 0.717) is 6.61 Å². The van der Waals surface area contributed by atoms with Gasteiger partial charge in [0.2, 0.25) is 0 Å². The van der Waals surface area contributed by atoms with Crippen LogP contribution in [0.25, 0.3) is 0 Å². The Labute approximate surface area is 112 Å². The third-order valence-corrected chi connectivity index (χ3v) is 4.58. The maximum Gasteiger partial charge on any atom is 0.0753 e. The standard InChI is InChI=1S/C15H29NO2/c1-13-5-4-6-15(9-13,12-17)11-16-7-8-18-14(2,3)10-16/h13,17H,4-12H2,1-3H3. The van der Waals surface area contributed by atoms with Crippen LogP contribution < -0.4 is 0 Å². The fourth-order valence-corrected chi connectivity index (χ4v) is 3.83. The minimum absolute atomic E-state index is 0.0326. The highest BCUT2D eigenvalue weighted by Gasteiger charge is 2.38. The Bertz CT molecular complexity index is 280. The van der Waals surface area contributed by atoms with Gasteiger partial charge in [-0.25, -0.2) is 0 Å². The highest BCUT2D eigenvalue weighted by molar-refractivity contribution is 4.90. The van der Waals surface area contributed by atoms with Crippen LogP contribution in [0.1, 0.15) is 46.5 Å². The second kappa shape index (κ2) is 5.48. The van der Waals surface area contributed by atoms with Crippen LogP contribution in [0.3, 0.4) is 0 Å². The molecule has 0 amide bonds. The Morgan fingerprint density at radius 3 is 2.78 bits per heavy atom. The van der Waals surface area contributed by atoms with Gasteiger partial charge in [0.25, 0.3) is 0 Å². The van der Waals surface area contributed by atoms with Crippen LogP contribution in [-0.2, 0) is 4.74 Å². The van der Waals surface area contributed by atoms with Crippen molar-refractivity contribution in [3.8, 4) is 0 Å². The predicted octanol–water partition coefficient (Wildman–Crippen LogP) is 2.29. The first-order chi connectivity index (χ1) is 8.45. The normalized spacial score (nSPS) is 37.7. The molecule has 0 aromatic rings. The molecule has 18 heavy (non-hydrogen) atoms. The lowest BCUT2D eigenvalue weighted by atomic mass is 9.70. The number of rotatable bonds is 3. The number of hydrogen-bond donors (Lipinski definition) is 1. The molecule has 2 atom stereocenters. The van der Waals surface area contributed by atoms with Crippen molar-refractivity contribution in [2.24, 2.45) is 11.3 Å². The Hall–Kier alpha value is -0.120. The second-order valence-corrected chi connectivity index (χ2v) is 7.18. The molecule has 3 nitrogen and oxygen atoms in total. The average Bonchev–Trinajstić information content (AvgIpc) is 2.27. The fraction of sp³-hybridized carbons (Fsp3) is 1.00. The Balaban J connectivity index is 1.97. The largest absolute Gasteiger partial charge is 0.396 e. The van der Waals surface area contributed by atoms with Crippen molar-refractivity contribution in [3.63, 3.8) is 0 Å². The molecule has 0 spiro atoms. The predicted molar refractivity (Wildman–Crippen MR) is 73.6 cm³/mol. The highest BCUT2D eigenvalue weighted by Crippen LogP contribution is 2.40. The summed E-state index contributed by atoms with van der Waals surface area (Å²) in [6.07, 6.45) is 4.97. The summed E-state index contributed by atoms with van der Waals surface area (Å²) in [5.41, 5.74) is 0.111. The smallest absolute Gasteiger partial charge is 0.0753 e. The minimum Gasteiger partial charge on any atom is -0.396 e. The van der Waals surface area contributed by atoms with Gasteiger partial charge in [-0.3, -0.25) is 4.90 Å². The molecule has 1 heterocycles. The van der Waals surface area contributed by atoms with E-state index >= 15 is 0 Å². The number of aliphatic hydroxyl groups excluding tert-OH is 1. The van der Waals surface area contributed by atoms with Gasteiger partial charge >= 0.3 is 0 Å². The SMILES string of the molecule is CC1CCCC(CO)(CN2CCOC(C)(C)C2)C1. The molecule has 0 aromatic heterocycles. The van der Waals surface area contributed by atoms with E-state index < -0.39 is 0 Å². The number of ether oxygens (including phenoxy) is 1. The molecule has 2 unspecified atom stereocenters. The van der Waals surface area contributed by atoms with E-state index in [1.807, 2.05) is 0 Å². The van der Waals surface area contributed by atoms with Crippen LogP contribution in [0.4, 0.5) is 0 Å². The zero-order valence-electron chi connectivity index (χ0n) is 12.2. The van der Waals surface area contributed by atoms with Crippen molar-refractivity contribution in [2.75, 3.05) is 32.8 Å². The molecule has 2 aliphatic rings. The first kappa shape index (κ1) is 14.3. The zero-order valence-corrected chi connectivity index (χ0v) is 12.2. The lowest BCUT2D eigenvalue weighted by Gasteiger charge is -2.46. The van der Waals surface area contributed by atoms with Crippen LogP contribution in [0.15, 0.2) is 0 Å². The number of nitrogens with zero attached hydrogens (tertiary/aromatic N) is 1. The topological polar surface area (TPSA) is 32.7 Å². The maximum atomic E-state index is 9.86. The average molecular weight is 255 g/mol. The summed E-state index contributed by atoms with van der Waals surface area (Å²) in [6.45, 7) is 10.9. The van der Waals surface area contributed by atoms with Gasteiger partial charge in [0.1, 0.15) is 0 Å². The Kier molecular flexibility index (Phi) is 4.35. The summed E-state index contributed by atoms with van der Waals surface area (Å²) >= 11 is 0. The van der Waals surface area contributed by atoms with Crippen LogP contribution >= 0.6 is 0 Å². The second-order valence-electron chi connectivity index (χ2n) is 7.18. The van der Waals surface area contributed by atoms with E-state index in [1.165, 1.54) is 25.7 Å². The highest BCUT2D eigenvalue weighted by atomic mass is 16.5. The van der Waals surface area contributed by atoms with E-state index in [1.54, 1.807) is 0 Å². The number of morpholine rings is 1. The fourth-order valence-electron chi connectivity index (χ4n) is 3.83. The van der Waals surface area contributed by atoms with Crippen LogP contribution in [-0.4, -0.2) is 48.5 Å². The van der Waals surface area contributed by atoms with Gasteiger partial charge in [-0.15, -0.1) is 0 Å². The van der Waals surface area contributed by atoms with E-state index in [9.17, 15) is 5.11 Å². The van der Waals surface area contributed by atoms with Gasteiger partial charge in [0, 0.05) is 31.7 Å². The van der Waals surface area contributed by atoms with Crippen molar-refractivity contribution in [2.45, 2.75) is 52.1 Å². The molecule has 1 aliphatic carbocycles. The minimum atomic E-state index is -0.0326. The van der Waals surface area contributed by atoms with E-state index in [0.717, 1.165) is 32.2 Å². The number of hydrogen-bond acceptors (Lipinski definition) is 3. The van der Waals surface area contributed by atoms with Crippen LogP contribution in [0, 0.1) is 11.3 Å². The van der Waals surface area contributed by atoms with E-state index in [4.69, 9.17) is 4.74 Å². The van der Waals surface area contributed by atoms with Crippen molar-refractivity contribution >= 4 is 0 Å². The molecule has 2 rings (SSSR count). The molecule has 106 valence electrons. The van der Waals surface area contributed by atoms with Crippen molar-refractivity contribution in [1.82, 2.24) is 4.90 Å². The molecule has 0 aromatic carbocycles. The van der Waals surface area contributed by atoms with Gasteiger partial charge in [-0.05, 0) is 32.6 Å². The van der Waals surface area contributed by atoms with Crippen molar-refractivity contribution in [3.05, 3.63) is 0 Å². The van der Waals surface area contributed by atoms with E-state index in [2.05, 4.69) is 25.7 Å². The van der Waals surface area contributed by atoms with Gasteiger partial charge in [0.05, 0.1) is 12.2 Å². The quantitative estimate of drug-likeness (QED) is 0.840. The molecule has 1 saturated carbocycles. The Morgan fingerprint density at radius 2 is 2.17 bits per heavy atom. The zero-order chi connectivity index (χ0) is 13.2. The summed E-state index contributed by atoms with van der Waals surface area (Å²) in [6, 6.07) is 0. The van der Waals surface area contributed by atoms with Gasteiger partial charge in [-0.2, -0.15) is 0 Å². The van der Waals surface area contributed by atoms with Gasteiger partial charge < -0.3 is 9.84 Å². The lowest BCUT2D eigenvalue weighted by molar-refractivity contribution is -0.102. The van der Waals surface area contributed by atoms with Crippen LogP contribution in [0.2, 0.25) is 0 Å². The van der Waals surface area contributed by atoms with Crippen LogP contribution in [0.5, 0.6) is 0 Å². The first-order valence-corrected chi connectivity index (χ1v) is 7.42. The Morgan fingerprint density at radius 1 is 1.39 bits per heavy atom. The summed E-state index contributed by atoms with van der Waals surface area (Å²) in [5.74, 6) is 0.764. The lowest BCUT2D eigenvalue weighted by Crippen LogP contribution is -2.53. The van der Waals surface area contributed by atoms with Crippen molar-refractivity contribution in [1.29, 1.82) is 0 Å². The molecular formula is C15H29NO2. The van der Waals surface area contributed by atoms with Crippen molar-refractivity contribution < 1.29 is 9.84 Å². The molecule has 3 heteroatoms. The molecule has 1 saturated heterocycles. The summed E-state index contributed by atoms with van der Waals surface area (Å²) in [4.78, 5) is 2.50. The molecule has 0 bridgehead atoms. The molecule has 0 radical (unpaired) electrons.